The highest BCUT2D eigenvalue weighted by molar-refractivity contribution is 5.96. The van der Waals surface area contributed by atoms with Gasteiger partial charge in [-0.3, -0.25) is 0 Å². The minimum atomic E-state index is -0.361. The van der Waals surface area contributed by atoms with Gasteiger partial charge in [-0.05, 0) is 51.1 Å². The number of rotatable bonds is 6. The first-order chi connectivity index (χ1) is 11.6. The minimum Gasteiger partial charge on any atom is -0.374 e. The van der Waals surface area contributed by atoms with Gasteiger partial charge in [-0.15, -0.1) is 0 Å². The van der Waals surface area contributed by atoms with Gasteiger partial charge >= 0.3 is 0 Å². The maximum Gasteiger partial charge on any atom is 0.131 e. The van der Waals surface area contributed by atoms with Gasteiger partial charge < -0.3 is 20.7 Å². The number of hydrogen-bond donors (Lipinski definition) is 2. The number of nitrogens with zero attached hydrogens (tertiary/aromatic N) is 3. The molecule has 1 unspecified atom stereocenters. The Morgan fingerprint density at radius 1 is 1.33 bits per heavy atom. The van der Waals surface area contributed by atoms with E-state index < -0.39 is 0 Å². The smallest absolute Gasteiger partial charge is 0.131 e. The quantitative estimate of drug-likeness (QED) is 0.782. The Labute approximate surface area is 143 Å². The van der Waals surface area contributed by atoms with Crippen LogP contribution in [0.3, 0.4) is 0 Å². The molecule has 3 rings (SSSR count). The Morgan fingerprint density at radius 2 is 2.17 bits per heavy atom. The van der Waals surface area contributed by atoms with Gasteiger partial charge in [0.05, 0.1) is 18.9 Å². The second-order valence-electron chi connectivity index (χ2n) is 6.81. The molecule has 130 valence electrons. The maximum absolute atomic E-state index is 6.13. The van der Waals surface area contributed by atoms with Crippen LogP contribution in [0.2, 0.25) is 0 Å². The first kappa shape index (κ1) is 17.1. The summed E-state index contributed by atoms with van der Waals surface area (Å²) in [5.41, 5.74) is 6.69. The highest BCUT2D eigenvalue weighted by Gasteiger charge is 2.20. The number of hydrogen-bond acceptors (Lipinski definition) is 6. The van der Waals surface area contributed by atoms with Crippen LogP contribution in [0.1, 0.15) is 31.9 Å². The van der Waals surface area contributed by atoms with E-state index in [0.717, 1.165) is 30.5 Å². The van der Waals surface area contributed by atoms with E-state index in [2.05, 4.69) is 20.2 Å². The lowest BCUT2D eigenvalue weighted by atomic mass is 9.97. The van der Waals surface area contributed by atoms with E-state index in [-0.39, 0.29) is 5.54 Å². The number of aromatic nitrogens is 1. The third-order valence-electron chi connectivity index (χ3n) is 4.31. The summed E-state index contributed by atoms with van der Waals surface area (Å²) in [7, 11) is 0. The van der Waals surface area contributed by atoms with Gasteiger partial charge in [0.15, 0.2) is 0 Å². The predicted octanol–water partition coefficient (Wildman–Crippen LogP) is 2.14. The molecule has 1 atom stereocenters. The average molecular weight is 329 g/mol. The van der Waals surface area contributed by atoms with E-state index in [1.54, 1.807) is 6.20 Å². The summed E-state index contributed by atoms with van der Waals surface area (Å²) in [5.74, 6) is 1.61. The van der Waals surface area contributed by atoms with Crippen LogP contribution < -0.4 is 11.1 Å². The number of likely N-dealkylation sites (tertiary alicyclic amines) is 1. The first-order valence-corrected chi connectivity index (χ1v) is 8.67. The number of amidine groups is 1. The number of nitrogens with two attached hydrogens (primary N) is 1. The van der Waals surface area contributed by atoms with Crippen molar-refractivity contribution in [1.82, 2.24) is 9.88 Å². The molecule has 1 aromatic heterocycles. The molecule has 6 nitrogen and oxygen atoms in total. The van der Waals surface area contributed by atoms with Crippen molar-refractivity contribution in [2.24, 2.45) is 10.7 Å². The van der Waals surface area contributed by atoms with Crippen molar-refractivity contribution in [3.8, 4) is 0 Å². The van der Waals surface area contributed by atoms with Gasteiger partial charge in [-0.1, -0.05) is 6.07 Å². The summed E-state index contributed by atoms with van der Waals surface area (Å²) in [6, 6.07) is 5.90. The standard InChI is InChI=1S/C18H27N5O/c1-18(19)7-8-20-17(13-18)22-16-6-4-5-15(21-16)14-24-12-11-23-9-2-3-10-23/h4-8H,2-3,9-14,19H2,1H3,(H,20,21,22). The summed E-state index contributed by atoms with van der Waals surface area (Å²) < 4.78 is 5.77. The van der Waals surface area contributed by atoms with Crippen LogP contribution in [0, 0.1) is 0 Å². The number of pyridine rings is 1. The Kier molecular flexibility index (Phi) is 5.60. The predicted molar refractivity (Wildman–Crippen MR) is 97.0 cm³/mol. The third kappa shape index (κ3) is 5.12. The van der Waals surface area contributed by atoms with Gasteiger partial charge in [-0.25, -0.2) is 9.98 Å². The van der Waals surface area contributed by atoms with Crippen LogP contribution in [-0.4, -0.2) is 47.5 Å². The Balaban J connectivity index is 1.47. The van der Waals surface area contributed by atoms with Gasteiger partial charge in [0, 0.05) is 24.7 Å². The van der Waals surface area contributed by atoms with Crippen LogP contribution in [-0.2, 0) is 11.3 Å². The zero-order valence-corrected chi connectivity index (χ0v) is 14.4. The van der Waals surface area contributed by atoms with Crippen molar-refractivity contribution < 1.29 is 4.74 Å². The number of ether oxygens (including phenoxy) is 1. The molecule has 0 saturated carbocycles. The molecule has 2 aliphatic heterocycles. The van der Waals surface area contributed by atoms with E-state index in [4.69, 9.17) is 10.5 Å². The number of anilines is 1. The van der Waals surface area contributed by atoms with Gasteiger partial charge in [-0.2, -0.15) is 0 Å². The molecule has 0 bridgehead atoms. The lowest BCUT2D eigenvalue weighted by Gasteiger charge is -2.24. The summed E-state index contributed by atoms with van der Waals surface area (Å²) in [5, 5.41) is 3.26. The second-order valence-corrected chi connectivity index (χ2v) is 6.81. The molecule has 1 aromatic rings. The fourth-order valence-corrected chi connectivity index (χ4v) is 2.99. The normalized spacial score (nSPS) is 24.2. The lowest BCUT2D eigenvalue weighted by Crippen LogP contribution is -2.39. The molecular formula is C18H27N5O. The molecule has 2 aliphatic rings. The van der Waals surface area contributed by atoms with Crippen molar-refractivity contribution in [2.45, 2.75) is 38.3 Å². The van der Waals surface area contributed by atoms with E-state index >= 15 is 0 Å². The van der Waals surface area contributed by atoms with Crippen LogP contribution in [0.4, 0.5) is 5.82 Å². The Morgan fingerprint density at radius 3 is 2.96 bits per heavy atom. The van der Waals surface area contributed by atoms with E-state index in [1.165, 1.54) is 25.9 Å². The molecular weight excluding hydrogens is 302 g/mol. The SMILES string of the molecule is CC1(N)C=CN=C(Nc2cccc(COCCN3CCCC3)n2)C1. The molecule has 0 aliphatic carbocycles. The van der Waals surface area contributed by atoms with Crippen molar-refractivity contribution in [3.63, 3.8) is 0 Å². The monoisotopic (exact) mass is 329 g/mol. The van der Waals surface area contributed by atoms with E-state index in [1.807, 2.05) is 31.2 Å². The van der Waals surface area contributed by atoms with Crippen molar-refractivity contribution in [3.05, 3.63) is 36.2 Å². The molecule has 0 spiro atoms. The van der Waals surface area contributed by atoms with Crippen LogP contribution in [0.15, 0.2) is 35.5 Å². The number of aliphatic imine (C=N–C) groups is 1. The molecule has 0 aromatic carbocycles. The van der Waals surface area contributed by atoms with Crippen LogP contribution in [0.25, 0.3) is 0 Å². The van der Waals surface area contributed by atoms with E-state index in [9.17, 15) is 0 Å². The van der Waals surface area contributed by atoms with E-state index in [0.29, 0.717) is 13.0 Å². The zero-order valence-electron chi connectivity index (χ0n) is 14.4. The van der Waals surface area contributed by atoms with Crippen molar-refractivity contribution in [1.29, 1.82) is 0 Å². The summed E-state index contributed by atoms with van der Waals surface area (Å²) in [6.45, 7) is 6.69. The molecule has 24 heavy (non-hydrogen) atoms. The second kappa shape index (κ2) is 7.88. The van der Waals surface area contributed by atoms with Crippen molar-refractivity contribution in [2.75, 3.05) is 31.6 Å². The Hall–Kier alpha value is -1.76. The van der Waals surface area contributed by atoms with Gasteiger partial charge in [0.1, 0.15) is 11.7 Å². The zero-order chi connectivity index (χ0) is 16.8. The summed E-state index contributed by atoms with van der Waals surface area (Å²) in [4.78, 5) is 11.4. The highest BCUT2D eigenvalue weighted by Crippen LogP contribution is 2.16. The van der Waals surface area contributed by atoms with Crippen LogP contribution in [0.5, 0.6) is 0 Å². The Bertz CT molecular complexity index is 605. The first-order valence-electron chi connectivity index (χ1n) is 8.67. The van der Waals surface area contributed by atoms with Crippen LogP contribution >= 0.6 is 0 Å². The van der Waals surface area contributed by atoms with Crippen molar-refractivity contribution >= 4 is 11.7 Å². The molecule has 0 radical (unpaired) electrons. The van der Waals surface area contributed by atoms with Gasteiger partial charge in [0.25, 0.3) is 0 Å². The fourth-order valence-electron chi connectivity index (χ4n) is 2.99. The molecule has 1 saturated heterocycles. The topological polar surface area (TPSA) is 75.8 Å². The molecule has 3 heterocycles. The fraction of sp³-hybridized carbons (Fsp3) is 0.556. The number of nitrogens with one attached hydrogen (secondary N) is 1. The average Bonchev–Trinajstić information content (AvgIpc) is 3.04. The molecule has 0 amide bonds. The maximum atomic E-state index is 6.13. The minimum absolute atomic E-state index is 0.361. The summed E-state index contributed by atoms with van der Waals surface area (Å²) >= 11 is 0. The highest BCUT2D eigenvalue weighted by atomic mass is 16.5. The lowest BCUT2D eigenvalue weighted by molar-refractivity contribution is 0.0972. The molecule has 6 heteroatoms. The summed E-state index contributed by atoms with van der Waals surface area (Å²) in [6.07, 6.45) is 6.96. The third-order valence-corrected chi connectivity index (χ3v) is 4.31. The molecule has 3 N–H and O–H groups in total. The molecule has 1 fully saturated rings. The largest absolute Gasteiger partial charge is 0.374 e. The van der Waals surface area contributed by atoms with Gasteiger partial charge in [0.2, 0.25) is 0 Å².